The van der Waals surface area contributed by atoms with Crippen LogP contribution in [0.5, 0.6) is 0 Å². The number of para-hydroxylation sites is 2. The molecule has 4 heteroatoms. The summed E-state index contributed by atoms with van der Waals surface area (Å²) in [5, 5.41) is 11.5. The van der Waals surface area contributed by atoms with E-state index in [2.05, 4.69) is 242 Å². The Kier molecular flexibility index (Phi) is 8.99. The lowest BCUT2D eigenvalue weighted by atomic mass is 9.91. The van der Waals surface area contributed by atoms with Crippen LogP contribution in [0.15, 0.2) is 239 Å². The van der Waals surface area contributed by atoms with E-state index < -0.39 is 0 Å². The fraction of sp³-hybridized carbons (Fsp3) is 0.0303. The molecular formula is C66H44N2O2. The lowest BCUT2D eigenvalue weighted by Gasteiger charge is -2.31. The van der Waals surface area contributed by atoms with Crippen LogP contribution in [0, 0.1) is 13.8 Å². The number of benzene rings is 12. The van der Waals surface area contributed by atoms with E-state index in [1.165, 1.54) is 32.7 Å². The van der Waals surface area contributed by atoms with E-state index >= 15 is 0 Å². The molecule has 0 aliphatic heterocycles. The lowest BCUT2D eigenvalue weighted by molar-refractivity contribution is 0.668. The molecule has 0 saturated heterocycles. The first kappa shape index (κ1) is 40.0. The molecule has 0 spiro atoms. The third kappa shape index (κ3) is 6.16. The van der Waals surface area contributed by atoms with Gasteiger partial charge in [-0.1, -0.05) is 182 Å². The van der Waals surface area contributed by atoms with E-state index in [0.717, 1.165) is 111 Å². The van der Waals surface area contributed by atoms with Gasteiger partial charge in [-0.15, -0.1) is 0 Å². The first-order valence-electron chi connectivity index (χ1n) is 24.0. The van der Waals surface area contributed by atoms with Crippen molar-refractivity contribution in [3.05, 3.63) is 242 Å². The van der Waals surface area contributed by atoms with Gasteiger partial charge >= 0.3 is 0 Å². The zero-order chi connectivity index (χ0) is 46.5. The number of hydrogen-bond donors (Lipinski definition) is 0. The Morgan fingerprint density at radius 1 is 0.300 bits per heavy atom. The zero-order valence-electron chi connectivity index (χ0n) is 38.7. The van der Waals surface area contributed by atoms with Crippen LogP contribution >= 0.6 is 0 Å². The molecule has 0 aliphatic carbocycles. The predicted octanol–water partition coefficient (Wildman–Crippen LogP) is 19.3. The van der Waals surface area contributed by atoms with Gasteiger partial charge in [-0.25, -0.2) is 0 Å². The van der Waals surface area contributed by atoms with Gasteiger partial charge in [-0.05, 0) is 117 Å². The molecule has 0 fully saturated rings. The normalized spacial score (nSPS) is 11.9. The van der Waals surface area contributed by atoms with Crippen LogP contribution in [0.25, 0.3) is 98.4 Å². The molecule has 0 saturated carbocycles. The molecule has 0 amide bonds. The van der Waals surface area contributed by atoms with E-state index in [4.69, 9.17) is 8.83 Å². The van der Waals surface area contributed by atoms with Crippen molar-refractivity contribution in [2.75, 3.05) is 9.80 Å². The Labute approximate surface area is 404 Å². The maximum Gasteiger partial charge on any atom is 0.159 e. The second-order valence-corrected chi connectivity index (χ2v) is 18.5. The van der Waals surface area contributed by atoms with Crippen LogP contribution in [-0.2, 0) is 0 Å². The van der Waals surface area contributed by atoms with Crippen LogP contribution in [0.4, 0.5) is 34.1 Å². The predicted molar refractivity (Wildman–Crippen MR) is 294 cm³/mol. The van der Waals surface area contributed by atoms with Crippen molar-refractivity contribution in [2.45, 2.75) is 13.8 Å². The molecule has 2 aromatic heterocycles. The summed E-state index contributed by atoms with van der Waals surface area (Å²) in [6.45, 7) is 4.40. The van der Waals surface area contributed by atoms with Gasteiger partial charge in [0.1, 0.15) is 11.2 Å². The number of aryl methyl sites for hydroxylation is 2. The molecule has 0 bridgehead atoms. The number of nitrogens with zero attached hydrogens (tertiary/aromatic N) is 2. The monoisotopic (exact) mass is 896 g/mol. The van der Waals surface area contributed by atoms with Gasteiger partial charge in [0, 0.05) is 43.7 Å². The Hall–Kier alpha value is -9.12. The maximum atomic E-state index is 6.90. The van der Waals surface area contributed by atoms with E-state index in [-0.39, 0.29) is 0 Å². The SMILES string of the molecule is Cc1ccc2c(oc3ccccc32)c1N(c1cccc(-c2ccccc2)c1)c1ccc2ccc3c(N(c4cccc(-c5ccccc5)c4)c4c(C)ccc5c4oc4ccccc45)ccc4ccc1c2c43. The van der Waals surface area contributed by atoms with Crippen molar-refractivity contribution < 1.29 is 8.83 Å². The zero-order valence-corrected chi connectivity index (χ0v) is 38.7. The molecule has 14 rings (SSSR count). The average Bonchev–Trinajstić information content (AvgIpc) is 3.99. The van der Waals surface area contributed by atoms with Crippen LogP contribution in [0.2, 0.25) is 0 Å². The summed E-state index contributed by atoms with van der Waals surface area (Å²) >= 11 is 0. The van der Waals surface area contributed by atoms with Crippen LogP contribution in [-0.4, -0.2) is 0 Å². The van der Waals surface area contributed by atoms with Gasteiger partial charge < -0.3 is 18.6 Å². The third-order valence-corrected chi connectivity index (χ3v) is 14.4. The van der Waals surface area contributed by atoms with Crippen LogP contribution < -0.4 is 9.80 Å². The second-order valence-electron chi connectivity index (χ2n) is 18.5. The average molecular weight is 897 g/mol. The van der Waals surface area contributed by atoms with Crippen LogP contribution in [0.3, 0.4) is 0 Å². The molecule has 70 heavy (non-hydrogen) atoms. The maximum absolute atomic E-state index is 6.90. The molecular weight excluding hydrogens is 853 g/mol. The first-order valence-corrected chi connectivity index (χ1v) is 24.0. The number of furan rings is 2. The van der Waals surface area contributed by atoms with Gasteiger partial charge in [0.2, 0.25) is 0 Å². The lowest BCUT2D eigenvalue weighted by Crippen LogP contribution is -2.13. The second kappa shape index (κ2) is 15.7. The van der Waals surface area contributed by atoms with Crippen molar-refractivity contribution in [3.63, 3.8) is 0 Å². The standard InChI is InChI=1S/C66H44N2O2/c1-41-27-33-53-51-23-9-11-25-59(51)69-65(53)63(41)67(49-21-13-19-47(39-49)43-15-5-3-6-16-43)57-37-31-45-30-36-56-58(38-32-46-29-35-55(57)61(45)62(46)56)68(50-22-14-20-48(40-50)44-17-7-4-8-18-44)64-42(2)28-34-54-52-24-10-12-26-60(52)70-66(54)64/h3-40H,1-2H3. The molecule has 12 aromatic carbocycles. The van der Waals surface area contributed by atoms with Gasteiger partial charge in [0.05, 0.1) is 22.7 Å². The Bertz CT molecular complexity index is 4060. The van der Waals surface area contributed by atoms with Gasteiger partial charge in [-0.2, -0.15) is 0 Å². The Morgan fingerprint density at radius 2 is 0.686 bits per heavy atom. The minimum Gasteiger partial charge on any atom is -0.454 e. The first-order chi connectivity index (χ1) is 34.6. The number of hydrogen-bond acceptors (Lipinski definition) is 4. The summed E-state index contributed by atoms with van der Waals surface area (Å²) in [5.41, 5.74) is 16.6. The summed E-state index contributed by atoms with van der Waals surface area (Å²) in [6.07, 6.45) is 0. The highest BCUT2D eigenvalue weighted by Gasteiger charge is 2.27. The largest absolute Gasteiger partial charge is 0.454 e. The quantitative estimate of drug-likeness (QED) is 0.142. The van der Waals surface area contributed by atoms with Crippen molar-refractivity contribution in [2.24, 2.45) is 0 Å². The van der Waals surface area contributed by atoms with E-state index in [0.29, 0.717) is 0 Å². The molecule has 0 atom stereocenters. The molecule has 0 unspecified atom stereocenters. The number of anilines is 6. The van der Waals surface area contributed by atoms with Crippen molar-refractivity contribution in [3.8, 4) is 22.3 Å². The molecule has 2 heterocycles. The Balaban J connectivity index is 1.05. The molecule has 0 radical (unpaired) electrons. The number of rotatable bonds is 8. The molecule has 0 N–H and O–H groups in total. The van der Waals surface area contributed by atoms with Crippen molar-refractivity contribution in [1.82, 2.24) is 0 Å². The third-order valence-electron chi connectivity index (χ3n) is 14.4. The topological polar surface area (TPSA) is 32.8 Å². The summed E-state index contributed by atoms with van der Waals surface area (Å²) in [7, 11) is 0. The highest BCUT2D eigenvalue weighted by atomic mass is 16.3. The Morgan fingerprint density at radius 3 is 1.14 bits per heavy atom. The van der Waals surface area contributed by atoms with Gasteiger partial charge in [0.15, 0.2) is 11.2 Å². The van der Waals surface area contributed by atoms with E-state index in [1.807, 2.05) is 12.1 Å². The van der Waals surface area contributed by atoms with Gasteiger partial charge in [0.25, 0.3) is 0 Å². The van der Waals surface area contributed by atoms with Crippen molar-refractivity contribution >= 4 is 110 Å². The summed E-state index contributed by atoms with van der Waals surface area (Å²) in [6, 6.07) is 83.2. The summed E-state index contributed by atoms with van der Waals surface area (Å²) in [4.78, 5) is 4.87. The van der Waals surface area contributed by atoms with E-state index in [1.54, 1.807) is 0 Å². The van der Waals surface area contributed by atoms with Crippen molar-refractivity contribution in [1.29, 1.82) is 0 Å². The fourth-order valence-corrected chi connectivity index (χ4v) is 11.1. The van der Waals surface area contributed by atoms with Gasteiger partial charge in [-0.3, -0.25) is 0 Å². The van der Waals surface area contributed by atoms with E-state index in [9.17, 15) is 0 Å². The molecule has 330 valence electrons. The smallest absolute Gasteiger partial charge is 0.159 e. The van der Waals surface area contributed by atoms with Crippen LogP contribution in [0.1, 0.15) is 11.1 Å². The minimum atomic E-state index is 0.864. The highest BCUT2D eigenvalue weighted by molar-refractivity contribution is 6.29. The minimum absolute atomic E-state index is 0.864. The molecule has 0 aliphatic rings. The summed E-state index contributed by atoms with van der Waals surface area (Å²) in [5.74, 6) is 0. The summed E-state index contributed by atoms with van der Waals surface area (Å²) < 4.78 is 13.8. The molecule has 4 nitrogen and oxygen atoms in total. The fourth-order valence-electron chi connectivity index (χ4n) is 11.1. The molecule has 14 aromatic rings. The number of fused-ring (bicyclic) bond motifs is 6. The highest BCUT2D eigenvalue weighted by Crippen LogP contribution is 2.52.